The van der Waals surface area contributed by atoms with Crippen LogP contribution in [0.1, 0.15) is 52.4 Å². The van der Waals surface area contributed by atoms with E-state index in [2.05, 4.69) is 25.8 Å². The molecule has 2 aliphatic carbocycles. The lowest BCUT2D eigenvalue weighted by Gasteiger charge is -2.42. The molecule has 0 amide bonds. The molecule has 0 aromatic rings. The largest absolute Gasteiger partial charge is 0.299 e. The fourth-order valence-electron chi connectivity index (χ4n) is 4.42. The Morgan fingerprint density at radius 3 is 3.06 bits per heavy atom. The Labute approximate surface area is 111 Å². The first-order valence-corrected chi connectivity index (χ1v) is 7.23. The molecular formula is C17H24O. The summed E-state index contributed by atoms with van der Waals surface area (Å²) in [6, 6.07) is 0. The van der Waals surface area contributed by atoms with Crippen molar-refractivity contribution in [1.82, 2.24) is 0 Å². The molecule has 0 N–H and O–H groups in total. The number of Topliss-reactive ketones (excluding diaryl/α,β-unsaturated/α-hetero) is 1. The van der Waals surface area contributed by atoms with Crippen molar-refractivity contribution >= 4 is 5.78 Å². The number of ketones is 1. The van der Waals surface area contributed by atoms with Crippen molar-refractivity contribution in [2.45, 2.75) is 52.4 Å². The van der Waals surface area contributed by atoms with Crippen molar-refractivity contribution in [1.29, 1.82) is 0 Å². The van der Waals surface area contributed by atoms with Gasteiger partial charge in [0.1, 0.15) is 5.78 Å². The number of hydrogen-bond acceptors (Lipinski definition) is 1. The van der Waals surface area contributed by atoms with Gasteiger partial charge in [-0.2, -0.15) is 0 Å². The molecule has 0 aliphatic heterocycles. The van der Waals surface area contributed by atoms with Gasteiger partial charge in [-0.1, -0.05) is 25.8 Å². The molecule has 0 unspecified atom stereocenters. The van der Waals surface area contributed by atoms with Gasteiger partial charge in [-0.25, -0.2) is 0 Å². The first kappa shape index (κ1) is 13.4. The van der Waals surface area contributed by atoms with E-state index in [9.17, 15) is 4.79 Å². The van der Waals surface area contributed by atoms with Gasteiger partial charge < -0.3 is 0 Å². The van der Waals surface area contributed by atoms with Gasteiger partial charge in [0.2, 0.25) is 0 Å². The average Bonchev–Trinajstić information content (AvgIpc) is 2.68. The van der Waals surface area contributed by atoms with Crippen molar-refractivity contribution < 1.29 is 4.79 Å². The smallest absolute Gasteiger partial charge is 0.136 e. The molecule has 2 saturated carbocycles. The van der Waals surface area contributed by atoms with E-state index < -0.39 is 0 Å². The minimum atomic E-state index is 0.263. The van der Waals surface area contributed by atoms with Gasteiger partial charge in [-0.3, -0.25) is 4.79 Å². The molecule has 0 aromatic carbocycles. The third-order valence-corrected chi connectivity index (χ3v) is 5.35. The van der Waals surface area contributed by atoms with E-state index >= 15 is 0 Å². The zero-order valence-electron chi connectivity index (χ0n) is 11.6. The van der Waals surface area contributed by atoms with E-state index in [0.29, 0.717) is 23.5 Å². The van der Waals surface area contributed by atoms with E-state index in [0.717, 1.165) is 25.7 Å². The molecule has 2 rings (SSSR count). The van der Waals surface area contributed by atoms with E-state index in [-0.39, 0.29) is 5.41 Å². The van der Waals surface area contributed by atoms with Gasteiger partial charge in [-0.05, 0) is 55.4 Å². The molecule has 1 nitrogen and oxygen atoms in total. The van der Waals surface area contributed by atoms with Crippen LogP contribution in [0.15, 0.2) is 12.2 Å². The van der Waals surface area contributed by atoms with E-state index in [1.807, 2.05) is 0 Å². The predicted octanol–water partition coefficient (Wildman–Crippen LogP) is 3.99. The quantitative estimate of drug-likeness (QED) is 0.686. The van der Waals surface area contributed by atoms with Crippen molar-refractivity contribution in [2.24, 2.45) is 23.2 Å². The van der Waals surface area contributed by atoms with Gasteiger partial charge in [0.05, 0.1) is 0 Å². The Morgan fingerprint density at radius 1 is 1.56 bits per heavy atom. The van der Waals surface area contributed by atoms with E-state index in [4.69, 9.17) is 6.42 Å². The minimum absolute atomic E-state index is 0.263. The second kappa shape index (κ2) is 5.31. The lowest BCUT2D eigenvalue weighted by molar-refractivity contribution is -0.130. The summed E-state index contributed by atoms with van der Waals surface area (Å²) in [5.74, 6) is 4.74. The number of terminal acetylenes is 1. The summed E-state index contributed by atoms with van der Waals surface area (Å²) in [5, 5.41) is 0. The van der Waals surface area contributed by atoms with Crippen LogP contribution in [0.2, 0.25) is 0 Å². The van der Waals surface area contributed by atoms with Crippen LogP contribution in [0.4, 0.5) is 0 Å². The number of carbonyl (C=O) groups excluding carboxylic acids is 1. The first-order valence-electron chi connectivity index (χ1n) is 7.23. The fraction of sp³-hybridized carbons (Fsp3) is 0.706. The second-order valence-corrected chi connectivity index (χ2v) is 6.34. The van der Waals surface area contributed by atoms with Crippen LogP contribution in [-0.2, 0) is 4.79 Å². The molecular weight excluding hydrogens is 220 g/mol. The molecule has 1 heteroatoms. The zero-order valence-corrected chi connectivity index (χ0v) is 11.6. The third kappa shape index (κ3) is 2.26. The van der Waals surface area contributed by atoms with Crippen molar-refractivity contribution in [3.8, 4) is 12.3 Å². The molecule has 0 radical (unpaired) electrons. The maximum atomic E-state index is 12.1. The summed E-state index contributed by atoms with van der Waals surface area (Å²) in [6.45, 7) is 4.67. The third-order valence-electron chi connectivity index (χ3n) is 5.35. The number of fused-ring (bicyclic) bond motifs is 1. The summed E-state index contributed by atoms with van der Waals surface area (Å²) >= 11 is 0. The maximum Gasteiger partial charge on any atom is 0.136 e. The number of hydrogen-bond donors (Lipinski definition) is 0. The van der Waals surface area contributed by atoms with Gasteiger partial charge in [0.25, 0.3) is 0 Å². The van der Waals surface area contributed by atoms with E-state index in [1.54, 1.807) is 6.08 Å². The SMILES string of the molecule is C#C/C=C/C[C@@H](C)[C@H]1CC[C@H]2C(=O)CCC[C@]12C. The number of rotatable bonds is 3. The van der Waals surface area contributed by atoms with Gasteiger partial charge >= 0.3 is 0 Å². The Hall–Kier alpha value is -1.03. The molecule has 0 aromatic heterocycles. The summed E-state index contributed by atoms with van der Waals surface area (Å²) in [7, 11) is 0. The van der Waals surface area contributed by atoms with Crippen LogP contribution in [-0.4, -0.2) is 5.78 Å². The van der Waals surface area contributed by atoms with Gasteiger partial charge in [0.15, 0.2) is 0 Å². The highest BCUT2D eigenvalue weighted by atomic mass is 16.1. The monoisotopic (exact) mass is 244 g/mol. The molecule has 0 heterocycles. The molecule has 4 atom stereocenters. The highest BCUT2D eigenvalue weighted by Gasteiger charge is 2.51. The summed E-state index contributed by atoms with van der Waals surface area (Å²) in [6.07, 6.45) is 15.7. The Balaban J connectivity index is 2.08. The highest BCUT2D eigenvalue weighted by Crippen LogP contribution is 2.56. The standard InChI is InChI=1S/C17H24O/c1-4-5-6-8-13(2)14-10-11-15-16(18)9-7-12-17(14,15)3/h1,5-6,13-15H,7-12H2,2-3H3/b6-5+/t13-,14-,15+,17-/m1/s1. The van der Waals surface area contributed by atoms with Crippen LogP contribution < -0.4 is 0 Å². The van der Waals surface area contributed by atoms with E-state index in [1.165, 1.54) is 12.8 Å². The summed E-state index contributed by atoms with van der Waals surface area (Å²) < 4.78 is 0. The zero-order chi connectivity index (χ0) is 13.2. The van der Waals surface area contributed by atoms with Crippen LogP contribution >= 0.6 is 0 Å². The Morgan fingerprint density at radius 2 is 2.33 bits per heavy atom. The topological polar surface area (TPSA) is 17.1 Å². The lowest BCUT2D eigenvalue weighted by atomic mass is 9.62. The number of carbonyl (C=O) groups is 1. The van der Waals surface area contributed by atoms with Crippen LogP contribution in [0.5, 0.6) is 0 Å². The lowest BCUT2D eigenvalue weighted by Crippen LogP contribution is -2.39. The molecule has 0 bridgehead atoms. The molecule has 98 valence electrons. The molecule has 0 saturated heterocycles. The van der Waals surface area contributed by atoms with Gasteiger partial charge in [-0.15, -0.1) is 6.42 Å². The molecule has 2 aliphatic rings. The normalized spacial score (nSPS) is 37.5. The Kier molecular flexibility index (Phi) is 3.95. The van der Waals surface area contributed by atoms with Crippen molar-refractivity contribution in [3.63, 3.8) is 0 Å². The number of allylic oxidation sites excluding steroid dienone is 2. The van der Waals surface area contributed by atoms with Crippen LogP contribution in [0.3, 0.4) is 0 Å². The average molecular weight is 244 g/mol. The van der Waals surface area contributed by atoms with Crippen molar-refractivity contribution in [2.75, 3.05) is 0 Å². The highest BCUT2D eigenvalue weighted by molar-refractivity contribution is 5.83. The maximum absolute atomic E-state index is 12.1. The second-order valence-electron chi connectivity index (χ2n) is 6.34. The first-order chi connectivity index (χ1) is 8.59. The minimum Gasteiger partial charge on any atom is -0.299 e. The predicted molar refractivity (Wildman–Crippen MR) is 74.9 cm³/mol. The molecule has 2 fully saturated rings. The fourth-order valence-corrected chi connectivity index (χ4v) is 4.42. The Bertz CT molecular complexity index is 387. The van der Waals surface area contributed by atoms with Crippen molar-refractivity contribution in [3.05, 3.63) is 12.2 Å². The van der Waals surface area contributed by atoms with Crippen LogP contribution in [0, 0.1) is 35.5 Å². The van der Waals surface area contributed by atoms with Gasteiger partial charge in [0, 0.05) is 12.3 Å². The molecule has 0 spiro atoms. The summed E-state index contributed by atoms with van der Waals surface area (Å²) in [4.78, 5) is 12.1. The van der Waals surface area contributed by atoms with Crippen LogP contribution in [0.25, 0.3) is 0 Å². The summed E-state index contributed by atoms with van der Waals surface area (Å²) in [5.41, 5.74) is 0.263. The molecule has 18 heavy (non-hydrogen) atoms.